The Bertz CT molecular complexity index is 578. The van der Waals surface area contributed by atoms with Crippen LogP contribution in [0, 0.1) is 5.92 Å². The van der Waals surface area contributed by atoms with Crippen LogP contribution in [0.4, 0.5) is 5.69 Å². The first-order valence-corrected chi connectivity index (χ1v) is 9.47. The van der Waals surface area contributed by atoms with E-state index in [1.54, 1.807) is 0 Å². The van der Waals surface area contributed by atoms with Crippen molar-refractivity contribution in [1.82, 2.24) is 10.2 Å². The van der Waals surface area contributed by atoms with Crippen molar-refractivity contribution in [2.24, 2.45) is 5.92 Å². The van der Waals surface area contributed by atoms with Crippen LogP contribution < -0.4 is 10.6 Å². The van der Waals surface area contributed by atoms with Gasteiger partial charge in [0.2, 0.25) is 11.8 Å². The van der Waals surface area contributed by atoms with Crippen molar-refractivity contribution in [3.63, 3.8) is 0 Å². The maximum absolute atomic E-state index is 12.1. The average molecular weight is 394 g/mol. The Morgan fingerprint density at radius 3 is 2.38 bits per heavy atom. The Hall–Kier alpha value is -1.40. The van der Waals surface area contributed by atoms with Crippen LogP contribution in [0.15, 0.2) is 28.7 Å². The van der Waals surface area contributed by atoms with Crippen molar-refractivity contribution in [1.29, 1.82) is 0 Å². The summed E-state index contributed by atoms with van der Waals surface area (Å²) in [6.07, 6.45) is 4.55. The van der Waals surface area contributed by atoms with Gasteiger partial charge >= 0.3 is 0 Å². The SMILES string of the molecule is O=C(CCN1CCC(C(=O)NC2CC2)CC1)Nc1ccc(Br)cc1. The standard InChI is InChI=1S/C18H24BrN3O2/c19-14-1-3-15(4-2-14)20-17(23)9-12-22-10-7-13(8-11-22)18(24)21-16-5-6-16/h1-4,13,16H,5-12H2,(H,20,23)(H,21,24). The topological polar surface area (TPSA) is 61.4 Å². The molecule has 0 spiro atoms. The molecule has 2 amide bonds. The lowest BCUT2D eigenvalue weighted by Gasteiger charge is -2.31. The van der Waals surface area contributed by atoms with Crippen LogP contribution in [-0.4, -0.2) is 42.4 Å². The molecule has 1 aliphatic carbocycles. The van der Waals surface area contributed by atoms with Crippen LogP contribution >= 0.6 is 15.9 Å². The van der Waals surface area contributed by atoms with E-state index < -0.39 is 0 Å². The average Bonchev–Trinajstić information content (AvgIpc) is 3.39. The second-order valence-corrected chi connectivity index (χ2v) is 7.62. The first-order valence-electron chi connectivity index (χ1n) is 8.68. The van der Waals surface area contributed by atoms with Crippen LogP contribution in [0.5, 0.6) is 0 Å². The van der Waals surface area contributed by atoms with E-state index in [4.69, 9.17) is 0 Å². The van der Waals surface area contributed by atoms with E-state index in [0.717, 1.165) is 55.5 Å². The Balaban J connectivity index is 1.34. The lowest BCUT2D eigenvalue weighted by molar-refractivity contribution is -0.126. The van der Waals surface area contributed by atoms with Gasteiger partial charge in [-0.2, -0.15) is 0 Å². The zero-order valence-corrected chi connectivity index (χ0v) is 15.3. The van der Waals surface area contributed by atoms with Crippen LogP contribution in [0.3, 0.4) is 0 Å². The summed E-state index contributed by atoms with van der Waals surface area (Å²) >= 11 is 3.38. The molecule has 0 unspecified atom stereocenters. The highest BCUT2D eigenvalue weighted by atomic mass is 79.9. The van der Waals surface area contributed by atoms with Gasteiger partial charge in [-0.05, 0) is 63.0 Å². The van der Waals surface area contributed by atoms with Crippen LogP contribution in [0.1, 0.15) is 32.1 Å². The molecule has 0 aromatic heterocycles. The third-order valence-electron chi connectivity index (χ3n) is 4.67. The summed E-state index contributed by atoms with van der Waals surface area (Å²) in [5.41, 5.74) is 0.818. The number of halogens is 1. The number of anilines is 1. The van der Waals surface area contributed by atoms with Gasteiger partial charge in [0.15, 0.2) is 0 Å². The maximum Gasteiger partial charge on any atom is 0.225 e. The second-order valence-electron chi connectivity index (χ2n) is 6.70. The minimum atomic E-state index is 0.0333. The number of hydrogen-bond acceptors (Lipinski definition) is 3. The van der Waals surface area contributed by atoms with Gasteiger partial charge in [0.25, 0.3) is 0 Å². The molecule has 5 nitrogen and oxygen atoms in total. The van der Waals surface area contributed by atoms with Crippen molar-refractivity contribution in [3.05, 3.63) is 28.7 Å². The number of rotatable bonds is 6. The van der Waals surface area contributed by atoms with E-state index in [1.807, 2.05) is 24.3 Å². The Morgan fingerprint density at radius 1 is 1.08 bits per heavy atom. The molecule has 0 bridgehead atoms. The molecule has 2 fully saturated rings. The predicted octanol–water partition coefficient (Wildman–Crippen LogP) is 2.77. The number of benzene rings is 1. The van der Waals surface area contributed by atoms with Crippen molar-refractivity contribution in [2.75, 3.05) is 25.0 Å². The summed E-state index contributed by atoms with van der Waals surface area (Å²) in [6, 6.07) is 8.02. The van der Waals surface area contributed by atoms with E-state index in [-0.39, 0.29) is 17.7 Å². The summed E-state index contributed by atoms with van der Waals surface area (Å²) in [7, 11) is 0. The molecule has 1 heterocycles. The minimum absolute atomic E-state index is 0.0333. The number of piperidine rings is 1. The van der Waals surface area contributed by atoms with Gasteiger partial charge in [0.1, 0.15) is 0 Å². The maximum atomic E-state index is 12.1. The van der Waals surface area contributed by atoms with Gasteiger partial charge in [-0.1, -0.05) is 15.9 Å². The molecule has 2 aliphatic rings. The number of hydrogen-bond donors (Lipinski definition) is 2. The van der Waals surface area contributed by atoms with Gasteiger partial charge in [-0.25, -0.2) is 0 Å². The van der Waals surface area contributed by atoms with Gasteiger partial charge in [0.05, 0.1) is 0 Å². The lowest BCUT2D eigenvalue weighted by Crippen LogP contribution is -2.41. The number of nitrogens with one attached hydrogen (secondary N) is 2. The fraction of sp³-hybridized carbons (Fsp3) is 0.556. The molecule has 1 aromatic carbocycles. The highest BCUT2D eigenvalue weighted by Crippen LogP contribution is 2.22. The van der Waals surface area contributed by atoms with Gasteiger partial charge < -0.3 is 15.5 Å². The lowest BCUT2D eigenvalue weighted by atomic mass is 9.96. The molecule has 3 rings (SSSR count). The largest absolute Gasteiger partial charge is 0.353 e. The smallest absolute Gasteiger partial charge is 0.225 e. The Kier molecular flexibility index (Phi) is 5.89. The number of nitrogens with zero attached hydrogens (tertiary/aromatic N) is 1. The van der Waals surface area contributed by atoms with E-state index in [9.17, 15) is 9.59 Å². The van der Waals surface area contributed by atoms with E-state index in [2.05, 4.69) is 31.5 Å². The van der Waals surface area contributed by atoms with Gasteiger partial charge in [-0.3, -0.25) is 9.59 Å². The number of likely N-dealkylation sites (tertiary alicyclic amines) is 1. The van der Waals surface area contributed by atoms with E-state index in [0.29, 0.717) is 12.5 Å². The predicted molar refractivity (Wildman–Crippen MR) is 97.7 cm³/mol. The highest BCUT2D eigenvalue weighted by molar-refractivity contribution is 9.10. The molecule has 0 atom stereocenters. The normalized spacial score (nSPS) is 19.0. The summed E-state index contributed by atoms with van der Waals surface area (Å²) < 4.78 is 0.995. The molecule has 1 saturated heterocycles. The monoisotopic (exact) mass is 393 g/mol. The van der Waals surface area contributed by atoms with Crippen molar-refractivity contribution in [2.45, 2.75) is 38.1 Å². The Labute approximate surface area is 151 Å². The molecule has 24 heavy (non-hydrogen) atoms. The third-order valence-corrected chi connectivity index (χ3v) is 5.19. The second kappa shape index (κ2) is 8.12. The fourth-order valence-electron chi connectivity index (χ4n) is 2.98. The third kappa shape index (κ3) is 5.31. The molecule has 0 radical (unpaired) electrons. The van der Waals surface area contributed by atoms with Crippen molar-refractivity contribution < 1.29 is 9.59 Å². The number of carbonyl (C=O) groups excluding carboxylic acids is 2. The molecule has 6 heteroatoms. The zero-order chi connectivity index (χ0) is 16.9. The Morgan fingerprint density at radius 2 is 1.75 bits per heavy atom. The molecular weight excluding hydrogens is 370 g/mol. The molecule has 2 N–H and O–H groups in total. The van der Waals surface area contributed by atoms with Gasteiger partial charge in [0, 0.05) is 35.1 Å². The van der Waals surface area contributed by atoms with Crippen LogP contribution in [0.25, 0.3) is 0 Å². The molecule has 1 saturated carbocycles. The molecule has 1 aliphatic heterocycles. The number of carbonyl (C=O) groups is 2. The molecule has 1 aromatic rings. The van der Waals surface area contributed by atoms with Crippen LogP contribution in [-0.2, 0) is 9.59 Å². The quantitative estimate of drug-likeness (QED) is 0.780. The van der Waals surface area contributed by atoms with Crippen molar-refractivity contribution in [3.8, 4) is 0 Å². The van der Waals surface area contributed by atoms with Crippen molar-refractivity contribution >= 4 is 33.4 Å². The minimum Gasteiger partial charge on any atom is -0.353 e. The molecular formula is C18H24BrN3O2. The fourth-order valence-corrected chi connectivity index (χ4v) is 3.25. The summed E-state index contributed by atoms with van der Waals surface area (Å²) in [5.74, 6) is 0.412. The first kappa shape index (κ1) is 17.4. The summed E-state index contributed by atoms with van der Waals surface area (Å²) in [6.45, 7) is 2.54. The van der Waals surface area contributed by atoms with E-state index in [1.165, 1.54) is 0 Å². The first-order chi connectivity index (χ1) is 11.6. The zero-order valence-electron chi connectivity index (χ0n) is 13.8. The van der Waals surface area contributed by atoms with E-state index >= 15 is 0 Å². The van der Waals surface area contributed by atoms with Crippen LogP contribution in [0.2, 0.25) is 0 Å². The highest BCUT2D eigenvalue weighted by Gasteiger charge is 2.29. The summed E-state index contributed by atoms with van der Waals surface area (Å²) in [4.78, 5) is 26.4. The van der Waals surface area contributed by atoms with Gasteiger partial charge in [-0.15, -0.1) is 0 Å². The summed E-state index contributed by atoms with van der Waals surface area (Å²) in [5, 5.41) is 6.01. The number of amides is 2. The molecule has 130 valence electrons.